The number of carbonyl (C=O) groups is 1. The molecule has 45 heavy (non-hydrogen) atoms. The van der Waals surface area contributed by atoms with Gasteiger partial charge in [-0.25, -0.2) is 0 Å². The molecule has 0 N–H and O–H groups in total. The van der Waals surface area contributed by atoms with Crippen molar-refractivity contribution in [2.75, 3.05) is 0 Å². The largest absolute Gasteiger partial charge is 0.308 e. The van der Waals surface area contributed by atoms with Gasteiger partial charge in [0.05, 0.1) is 17.0 Å². The monoisotopic (exact) mass is 661 g/mol. The predicted octanol–water partition coefficient (Wildman–Crippen LogP) is 11.8. The van der Waals surface area contributed by atoms with Crippen LogP contribution in [0.4, 0.5) is 0 Å². The van der Waals surface area contributed by atoms with Crippen LogP contribution in [0.3, 0.4) is 0 Å². The highest BCUT2D eigenvalue weighted by Crippen LogP contribution is 2.51. The summed E-state index contributed by atoms with van der Waals surface area (Å²) < 4.78 is 3.30. The molecule has 7 aromatic rings. The number of hydrogen-bond acceptors (Lipinski definition) is 1. The molecule has 1 heterocycles. The number of carbonyl (C=O) groups excluding carboxylic acids is 1. The van der Waals surface area contributed by atoms with Crippen molar-refractivity contribution in [1.29, 1.82) is 0 Å². The van der Waals surface area contributed by atoms with Gasteiger partial charge >= 0.3 is 0 Å². The van der Waals surface area contributed by atoms with Crippen molar-refractivity contribution >= 4 is 33.3 Å². The number of para-hydroxylation sites is 1. The van der Waals surface area contributed by atoms with E-state index in [2.05, 4.69) is 111 Å². The van der Waals surface area contributed by atoms with E-state index in [1.165, 1.54) is 0 Å². The van der Waals surface area contributed by atoms with Crippen LogP contribution in [-0.4, -0.2) is 10.4 Å². The van der Waals surface area contributed by atoms with Crippen LogP contribution in [0.1, 0.15) is 15.9 Å². The summed E-state index contributed by atoms with van der Waals surface area (Å²) in [5, 5.41) is 0.555. The molecular formula is C41H25BrClNO. The van der Waals surface area contributed by atoms with Gasteiger partial charge in [0, 0.05) is 26.3 Å². The van der Waals surface area contributed by atoms with E-state index in [0.717, 1.165) is 66.1 Å². The molecule has 1 aliphatic carbocycles. The van der Waals surface area contributed by atoms with Gasteiger partial charge in [0.1, 0.15) is 0 Å². The third kappa shape index (κ3) is 4.67. The molecular weight excluding hydrogens is 638 g/mol. The number of hydrogen-bond donors (Lipinski definition) is 0. The minimum atomic E-state index is -0.00569. The van der Waals surface area contributed by atoms with Crippen molar-refractivity contribution in [3.05, 3.63) is 172 Å². The summed E-state index contributed by atoms with van der Waals surface area (Å²) in [6, 6.07) is 51.6. The fourth-order valence-corrected chi connectivity index (χ4v) is 7.10. The van der Waals surface area contributed by atoms with E-state index >= 15 is 0 Å². The Balaban J connectivity index is 1.35. The minimum absolute atomic E-state index is 0.00569. The molecule has 0 saturated carbocycles. The molecule has 0 aliphatic heterocycles. The molecule has 0 amide bonds. The van der Waals surface area contributed by atoms with Crippen LogP contribution >= 0.6 is 27.5 Å². The normalized spacial score (nSPS) is 11.8. The quantitative estimate of drug-likeness (QED) is 0.180. The highest BCUT2D eigenvalue weighted by molar-refractivity contribution is 9.10. The number of ketones is 1. The zero-order valence-electron chi connectivity index (χ0n) is 24.0. The first-order chi connectivity index (χ1) is 22.1. The first kappa shape index (κ1) is 27.6. The van der Waals surface area contributed by atoms with Crippen molar-refractivity contribution < 1.29 is 4.79 Å². The molecule has 6 aromatic carbocycles. The lowest BCUT2D eigenvalue weighted by Crippen LogP contribution is -2.04. The number of benzene rings is 6. The highest BCUT2D eigenvalue weighted by atomic mass is 79.9. The Morgan fingerprint density at radius 3 is 1.71 bits per heavy atom. The standard InChI is InChI=1S/C41H25BrClNO/c42-36-23-20-30(24-34(36)27-10-4-1-5-11-27)26-16-18-29(19-17-26)40-38-37(33-22-21-31(43)25-35(33)41(38)45)39(28-12-6-2-7-13-28)44(40)32-14-8-3-9-15-32/h1-25H. The molecule has 0 fully saturated rings. The second kappa shape index (κ2) is 11.2. The third-order valence-corrected chi connectivity index (χ3v) is 9.42. The molecule has 0 unspecified atom stereocenters. The molecule has 0 bridgehead atoms. The fraction of sp³-hybridized carbons (Fsp3) is 0. The Morgan fingerprint density at radius 2 is 1.02 bits per heavy atom. The second-order valence-electron chi connectivity index (χ2n) is 11.1. The Hall–Kier alpha value is -4.96. The fourth-order valence-electron chi connectivity index (χ4n) is 6.45. The molecule has 0 atom stereocenters. The summed E-state index contributed by atoms with van der Waals surface area (Å²) in [4.78, 5) is 14.3. The van der Waals surface area contributed by atoms with Crippen LogP contribution in [0.25, 0.3) is 61.6 Å². The third-order valence-electron chi connectivity index (χ3n) is 8.50. The van der Waals surface area contributed by atoms with Gasteiger partial charge in [0.15, 0.2) is 5.78 Å². The Kier molecular flexibility index (Phi) is 6.86. The van der Waals surface area contributed by atoms with Gasteiger partial charge in [-0.2, -0.15) is 0 Å². The molecule has 2 nitrogen and oxygen atoms in total. The smallest absolute Gasteiger partial charge is 0.196 e. The van der Waals surface area contributed by atoms with Gasteiger partial charge in [0.25, 0.3) is 0 Å². The van der Waals surface area contributed by atoms with Crippen LogP contribution in [-0.2, 0) is 0 Å². The lowest BCUT2D eigenvalue weighted by atomic mass is 9.97. The first-order valence-corrected chi connectivity index (χ1v) is 16.0. The Bertz CT molecular complexity index is 2220. The van der Waals surface area contributed by atoms with Gasteiger partial charge in [-0.1, -0.05) is 143 Å². The highest BCUT2D eigenvalue weighted by Gasteiger charge is 2.37. The zero-order valence-corrected chi connectivity index (χ0v) is 26.4. The number of rotatable bonds is 5. The summed E-state index contributed by atoms with van der Waals surface area (Å²) in [7, 11) is 0. The van der Waals surface area contributed by atoms with E-state index in [-0.39, 0.29) is 5.78 Å². The van der Waals surface area contributed by atoms with Crippen molar-refractivity contribution in [3.63, 3.8) is 0 Å². The van der Waals surface area contributed by atoms with Crippen molar-refractivity contribution in [2.24, 2.45) is 0 Å². The maximum absolute atomic E-state index is 14.3. The van der Waals surface area contributed by atoms with E-state index in [1.807, 2.05) is 54.6 Å². The topological polar surface area (TPSA) is 22.0 Å². The van der Waals surface area contributed by atoms with Crippen LogP contribution in [0.5, 0.6) is 0 Å². The molecule has 1 aromatic heterocycles. The number of halogens is 2. The van der Waals surface area contributed by atoms with Crippen LogP contribution in [0, 0.1) is 0 Å². The Labute approximate surface area is 275 Å². The van der Waals surface area contributed by atoms with E-state index in [4.69, 9.17) is 11.6 Å². The van der Waals surface area contributed by atoms with E-state index in [0.29, 0.717) is 16.1 Å². The molecule has 1 aliphatic rings. The first-order valence-electron chi connectivity index (χ1n) is 14.8. The van der Waals surface area contributed by atoms with Crippen LogP contribution in [0.2, 0.25) is 5.02 Å². The van der Waals surface area contributed by atoms with Crippen molar-refractivity contribution in [2.45, 2.75) is 0 Å². The molecule has 8 rings (SSSR count). The lowest BCUT2D eigenvalue weighted by Gasteiger charge is -2.17. The van der Waals surface area contributed by atoms with E-state index in [9.17, 15) is 4.79 Å². The average Bonchev–Trinajstić information content (AvgIpc) is 3.58. The molecule has 214 valence electrons. The maximum atomic E-state index is 14.3. The second-order valence-corrected chi connectivity index (χ2v) is 12.4. The number of fused-ring (bicyclic) bond motifs is 3. The minimum Gasteiger partial charge on any atom is -0.308 e. The van der Waals surface area contributed by atoms with Gasteiger partial charge in [-0.3, -0.25) is 4.79 Å². The molecule has 0 saturated heterocycles. The van der Waals surface area contributed by atoms with Crippen LogP contribution < -0.4 is 0 Å². The number of nitrogens with zero attached hydrogens (tertiary/aromatic N) is 1. The number of aromatic nitrogens is 1. The lowest BCUT2D eigenvalue weighted by molar-refractivity contribution is 0.104. The van der Waals surface area contributed by atoms with Gasteiger partial charge < -0.3 is 4.57 Å². The van der Waals surface area contributed by atoms with E-state index in [1.54, 1.807) is 6.07 Å². The van der Waals surface area contributed by atoms with Crippen molar-refractivity contribution in [3.8, 4) is 61.6 Å². The zero-order chi connectivity index (χ0) is 30.5. The summed E-state index contributed by atoms with van der Waals surface area (Å²) in [5.41, 5.74) is 12.6. The molecule has 0 radical (unpaired) electrons. The Morgan fingerprint density at radius 1 is 0.467 bits per heavy atom. The van der Waals surface area contributed by atoms with Crippen molar-refractivity contribution in [1.82, 2.24) is 4.57 Å². The summed E-state index contributed by atoms with van der Waals surface area (Å²) in [5.74, 6) is -0.00569. The van der Waals surface area contributed by atoms with Gasteiger partial charge in [-0.05, 0) is 75.3 Å². The maximum Gasteiger partial charge on any atom is 0.196 e. The summed E-state index contributed by atoms with van der Waals surface area (Å²) in [6.07, 6.45) is 0. The summed E-state index contributed by atoms with van der Waals surface area (Å²) >= 11 is 10.2. The molecule has 4 heteroatoms. The SMILES string of the molecule is O=C1c2cc(Cl)ccc2-c2c1c(-c1ccc(-c3ccc(Br)c(-c4ccccc4)c3)cc1)n(-c1ccccc1)c2-c1ccccc1. The predicted molar refractivity (Wildman–Crippen MR) is 189 cm³/mol. The van der Waals surface area contributed by atoms with Crippen LogP contribution in [0.15, 0.2) is 156 Å². The molecule has 0 spiro atoms. The summed E-state index contributed by atoms with van der Waals surface area (Å²) in [6.45, 7) is 0. The van der Waals surface area contributed by atoms with Gasteiger partial charge in [-0.15, -0.1) is 0 Å². The van der Waals surface area contributed by atoms with Gasteiger partial charge in [0.2, 0.25) is 0 Å². The average molecular weight is 663 g/mol. The van der Waals surface area contributed by atoms with E-state index < -0.39 is 0 Å².